The molecule has 1 atom stereocenters. The van der Waals surface area contributed by atoms with E-state index in [0.29, 0.717) is 13.1 Å². The summed E-state index contributed by atoms with van der Waals surface area (Å²) in [5, 5.41) is 9.11. The minimum Gasteiger partial charge on any atom is -0.481 e. The van der Waals surface area contributed by atoms with Gasteiger partial charge in [0.25, 0.3) is 0 Å². The maximum absolute atomic E-state index is 12.4. The average Bonchev–Trinajstić information content (AvgIpc) is 3.30. The lowest BCUT2D eigenvalue weighted by Gasteiger charge is -2.32. The number of aliphatic carboxylic acids is 1. The first kappa shape index (κ1) is 17.9. The third-order valence-electron chi connectivity index (χ3n) is 5.62. The Hall–Kier alpha value is -1.89. The van der Waals surface area contributed by atoms with E-state index in [-0.39, 0.29) is 34.3 Å². The summed E-state index contributed by atoms with van der Waals surface area (Å²) in [6.07, 6.45) is 2.48. The normalized spacial score (nSPS) is 22.0. The van der Waals surface area contributed by atoms with Crippen LogP contribution in [0, 0.1) is 11.3 Å². The van der Waals surface area contributed by atoms with E-state index in [0.717, 1.165) is 24.8 Å². The molecule has 1 N–H and O–H groups in total. The van der Waals surface area contributed by atoms with Crippen LogP contribution in [0.25, 0.3) is 0 Å². The molecular weight excluding hydrogens is 342 g/mol. The average molecular weight is 365 g/mol. The van der Waals surface area contributed by atoms with E-state index in [1.807, 2.05) is 0 Å². The quantitative estimate of drug-likeness (QED) is 0.858. The molecule has 2 aliphatic rings. The van der Waals surface area contributed by atoms with Crippen LogP contribution in [-0.4, -0.2) is 49.1 Å². The zero-order chi connectivity index (χ0) is 18.2. The van der Waals surface area contributed by atoms with Crippen molar-refractivity contribution in [3.63, 3.8) is 0 Å². The number of carboxylic acid groups (broad SMARTS) is 1. The molecule has 1 aliphatic carbocycles. The van der Waals surface area contributed by atoms with E-state index in [4.69, 9.17) is 5.11 Å². The van der Waals surface area contributed by atoms with E-state index in [1.54, 1.807) is 36.1 Å². The molecule has 6 nitrogen and oxygen atoms in total. The zero-order valence-electron chi connectivity index (χ0n) is 14.3. The van der Waals surface area contributed by atoms with Crippen LogP contribution in [0.15, 0.2) is 29.2 Å². The zero-order valence-corrected chi connectivity index (χ0v) is 15.1. The number of rotatable bonds is 5. The third kappa shape index (κ3) is 3.56. The van der Waals surface area contributed by atoms with Crippen molar-refractivity contribution in [3.05, 3.63) is 29.8 Å². The number of hydrogen-bond acceptors (Lipinski definition) is 4. The summed E-state index contributed by atoms with van der Waals surface area (Å²) in [5.74, 6) is -0.897. The molecule has 0 radical (unpaired) electrons. The summed E-state index contributed by atoms with van der Waals surface area (Å²) in [5.41, 5.74) is 0.703. The lowest BCUT2D eigenvalue weighted by Crippen LogP contribution is -2.40. The molecule has 0 aromatic heterocycles. The summed E-state index contributed by atoms with van der Waals surface area (Å²) in [7, 11) is -3.23. The van der Waals surface area contributed by atoms with Gasteiger partial charge in [0.2, 0.25) is 5.91 Å². The summed E-state index contributed by atoms with van der Waals surface area (Å²) in [6, 6.07) is 6.48. The van der Waals surface area contributed by atoms with Crippen LogP contribution in [0.3, 0.4) is 0 Å². The first-order valence-corrected chi connectivity index (χ1v) is 10.2. The van der Waals surface area contributed by atoms with Crippen molar-refractivity contribution in [2.24, 2.45) is 11.3 Å². The molecule has 1 spiro atoms. The largest absolute Gasteiger partial charge is 0.481 e. The fraction of sp³-hybridized carbons (Fsp3) is 0.556. The van der Waals surface area contributed by atoms with Gasteiger partial charge in [-0.3, -0.25) is 9.59 Å². The highest BCUT2D eigenvalue weighted by Gasteiger charge is 2.59. The minimum atomic E-state index is -3.23. The maximum Gasteiger partial charge on any atom is 0.307 e. The first-order valence-electron chi connectivity index (χ1n) is 8.60. The SMILES string of the molecule is CCS(=O)(=O)c1ccc(CC(=O)N2CCC3(CC2)CC3C(=O)O)cc1. The van der Waals surface area contributed by atoms with Crippen LogP contribution in [0.2, 0.25) is 0 Å². The number of carboxylic acids is 1. The molecule has 3 rings (SSSR count). The highest BCUT2D eigenvalue weighted by atomic mass is 32.2. The highest BCUT2D eigenvalue weighted by Crippen LogP contribution is 2.59. The predicted molar refractivity (Wildman–Crippen MR) is 91.9 cm³/mol. The second-order valence-corrected chi connectivity index (χ2v) is 9.34. The molecule has 1 aliphatic heterocycles. The summed E-state index contributed by atoms with van der Waals surface area (Å²) < 4.78 is 23.6. The Morgan fingerprint density at radius 3 is 2.28 bits per heavy atom. The Kier molecular flexibility index (Phi) is 4.62. The molecule has 2 fully saturated rings. The number of nitrogens with zero attached hydrogens (tertiary/aromatic N) is 1. The van der Waals surface area contributed by atoms with Gasteiger partial charge in [-0.05, 0) is 42.4 Å². The number of carbonyl (C=O) groups is 2. The van der Waals surface area contributed by atoms with Crippen LogP contribution in [0.5, 0.6) is 0 Å². The predicted octanol–water partition coefficient (Wildman–Crippen LogP) is 1.74. The lowest BCUT2D eigenvalue weighted by atomic mass is 9.90. The molecule has 1 saturated heterocycles. The molecule has 0 bridgehead atoms. The van der Waals surface area contributed by atoms with Crippen molar-refractivity contribution in [1.29, 1.82) is 0 Å². The molecule has 1 saturated carbocycles. The molecule has 7 heteroatoms. The highest BCUT2D eigenvalue weighted by molar-refractivity contribution is 7.91. The van der Waals surface area contributed by atoms with E-state index in [1.165, 1.54) is 0 Å². The van der Waals surface area contributed by atoms with E-state index < -0.39 is 15.8 Å². The van der Waals surface area contributed by atoms with Crippen LogP contribution < -0.4 is 0 Å². The molecule has 1 unspecified atom stereocenters. The number of hydrogen-bond donors (Lipinski definition) is 1. The third-order valence-corrected chi connectivity index (χ3v) is 7.37. The fourth-order valence-corrected chi connectivity index (χ4v) is 4.60. The number of carbonyl (C=O) groups excluding carboxylic acids is 1. The van der Waals surface area contributed by atoms with Crippen LogP contribution in [0.1, 0.15) is 31.7 Å². The van der Waals surface area contributed by atoms with Gasteiger partial charge in [-0.1, -0.05) is 19.1 Å². The number of benzene rings is 1. The maximum atomic E-state index is 12.4. The van der Waals surface area contributed by atoms with E-state index in [9.17, 15) is 18.0 Å². The van der Waals surface area contributed by atoms with Gasteiger partial charge < -0.3 is 10.0 Å². The smallest absolute Gasteiger partial charge is 0.307 e. The van der Waals surface area contributed by atoms with Gasteiger partial charge in [-0.2, -0.15) is 0 Å². The Balaban J connectivity index is 1.56. The second-order valence-electron chi connectivity index (χ2n) is 7.06. The molecule has 1 amide bonds. The van der Waals surface area contributed by atoms with Crippen molar-refractivity contribution in [3.8, 4) is 0 Å². The summed E-state index contributed by atoms with van der Waals surface area (Å²) in [6.45, 7) is 2.81. The fourth-order valence-electron chi connectivity index (χ4n) is 3.72. The molecule has 25 heavy (non-hydrogen) atoms. The molecule has 1 heterocycles. The van der Waals surface area contributed by atoms with Gasteiger partial charge in [0, 0.05) is 13.1 Å². The van der Waals surface area contributed by atoms with Gasteiger partial charge >= 0.3 is 5.97 Å². The van der Waals surface area contributed by atoms with Crippen molar-refractivity contribution < 1.29 is 23.1 Å². The Labute approximate surface area is 147 Å². The van der Waals surface area contributed by atoms with Crippen molar-refractivity contribution >= 4 is 21.7 Å². The minimum absolute atomic E-state index is 0.00785. The Bertz CT molecular complexity index is 776. The molecular formula is C18H23NO5S. The lowest BCUT2D eigenvalue weighted by molar-refractivity contribution is -0.139. The first-order chi connectivity index (χ1) is 11.8. The summed E-state index contributed by atoms with van der Waals surface area (Å²) in [4.78, 5) is 25.6. The molecule has 1 aromatic carbocycles. The van der Waals surface area contributed by atoms with E-state index in [2.05, 4.69) is 0 Å². The topological polar surface area (TPSA) is 91.8 Å². The second kappa shape index (κ2) is 6.44. The van der Waals surface area contributed by atoms with Crippen molar-refractivity contribution in [1.82, 2.24) is 4.90 Å². The number of sulfone groups is 1. The van der Waals surface area contributed by atoms with Gasteiger partial charge in [0.1, 0.15) is 0 Å². The van der Waals surface area contributed by atoms with Crippen molar-refractivity contribution in [2.75, 3.05) is 18.8 Å². The van der Waals surface area contributed by atoms with Crippen LogP contribution in [0.4, 0.5) is 0 Å². The van der Waals surface area contributed by atoms with Gasteiger partial charge in [0.15, 0.2) is 9.84 Å². The van der Waals surface area contributed by atoms with E-state index >= 15 is 0 Å². The number of amides is 1. The van der Waals surface area contributed by atoms with Crippen molar-refractivity contribution in [2.45, 2.75) is 37.5 Å². The van der Waals surface area contributed by atoms with Gasteiger partial charge in [-0.25, -0.2) is 8.42 Å². The molecule has 136 valence electrons. The molecule has 1 aromatic rings. The Morgan fingerprint density at radius 2 is 1.80 bits per heavy atom. The standard InChI is InChI=1S/C18H23NO5S/c1-2-25(23,24)14-5-3-13(4-6-14)11-16(20)19-9-7-18(8-10-19)12-15(18)17(21)22/h3-6,15H,2,7-12H2,1H3,(H,21,22). The number of piperidine rings is 1. The van der Waals surface area contributed by atoms with Gasteiger partial charge in [-0.15, -0.1) is 0 Å². The summed E-state index contributed by atoms with van der Waals surface area (Å²) >= 11 is 0. The van der Waals surface area contributed by atoms with Crippen LogP contribution in [-0.2, 0) is 25.8 Å². The monoisotopic (exact) mass is 365 g/mol. The Morgan fingerprint density at radius 1 is 1.20 bits per heavy atom. The number of likely N-dealkylation sites (tertiary alicyclic amines) is 1. The van der Waals surface area contributed by atoms with Gasteiger partial charge in [0.05, 0.1) is 23.0 Å². The van der Waals surface area contributed by atoms with Crippen LogP contribution >= 0.6 is 0 Å².